The molecule has 0 aliphatic carbocycles. The molecule has 2 aromatic carbocycles. The van der Waals surface area contributed by atoms with E-state index in [1.54, 1.807) is 24.1 Å². The summed E-state index contributed by atoms with van der Waals surface area (Å²) in [4.78, 5) is 32.4. The molecule has 1 amide bonds. The van der Waals surface area contributed by atoms with Crippen LogP contribution in [0, 0.1) is 0 Å². The second-order valence-corrected chi connectivity index (χ2v) is 10.5. The van der Waals surface area contributed by atoms with E-state index >= 15 is 0 Å². The maximum absolute atomic E-state index is 13.4. The van der Waals surface area contributed by atoms with Crippen LogP contribution in [0.2, 0.25) is 0 Å². The van der Waals surface area contributed by atoms with Crippen molar-refractivity contribution in [3.05, 3.63) is 53.7 Å². The number of Topliss-reactive ketones (excluding diaryl/α,β-unsaturated/α-hetero) is 1. The van der Waals surface area contributed by atoms with Gasteiger partial charge < -0.3 is 19.1 Å². The Morgan fingerprint density at radius 2 is 1.81 bits per heavy atom. The summed E-state index contributed by atoms with van der Waals surface area (Å²) in [5.41, 5.74) is 0.211. The zero-order chi connectivity index (χ0) is 25.7. The molecular weight excluding hydrogens is 486 g/mol. The SMILES string of the molecule is COc1cc(C(=O)N2CCC3(CC2)CC(=O)c2cc(S(N)(=O)=O)ccc2O3)nc2c(OC)cccc12. The number of para-hydroxylation sites is 1. The zero-order valence-corrected chi connectivity index (χ0v) is 20.6. The van der Waals surface area contributed by atoms with Crippen molar-refractivity contribution in [1.82, 2.24) is 9.88 Å². The molecule has 11 heteroatoms. The van der Waals surface area contributed by atoms with Crippen molar-refractivity contribution in [2.75, 3.05) is 27.3 Å². The summed E-state index contributed by atoms with van der Waals surface area (Å²) in [5, 5.41) is 5.93. The van der Waals surface area contributed by atoms with Crippen LogP contribution in [-0.4, -0.2) is 62.9 Å². The van der Waals surface area contributed by atoms with Crippen molar-refractivity contribution in [3.63, 3.8) is 0 Å². The molecule has 1 spiro atoms. The lowest BCUT2D eigenvalue weighted by atomic mass is 9.82. The van der Waals surface area contributed by atoms with Crippen molar-refractivity contribution in [3.8, 4) is 17.2 Å². The van der Waals surface area contributed by atoms with Crippen LogP contribution in [0.25, 0.3) is 10.9 Å². The Kier molecular flexibility index (Phi) is 5.84. The fraction of sp³-hybridized carbons (Fsp3) is 0.320. The Morgan fingerprint density at radius 3 is 2.47 bits per heavy atom. The summed E-state index contributed by atoms with van der Waals surface area (Å²) in [6.45, 7) is 0.731. The number of ether oxygens (including phenoxy) is 3. The van der Waals surface area contributed by atoms with Crippen molar-refractivity contribution in [1.29, 1.82) is 0 Å². The highest BCUT2D eigenvalue weighted by molar-refractivity contribution is 7.89. The van der Waals surface area contributed by atoms with Crippen LogP contribution in [0.15, 0.2) is 47.4 Å². The maximum Gasteiger partial charge on any atom is 0.272 e. The van der Waals surface area contributed by atoms with Crippen LogP contribution in [0.3, 0.4) is 0 Å². The predicted octanol–water partition coefficient (Wildman–Crippen LogP) is 2.54. The average molecular weight is 512 g/mol. The van der Waals surface area contributed by atoms with Gasteiger partial charge in [0.15, 0.2) is 5.78 Å². The van der Waals surface area contributed by atoms with Gasteiger partial charge in [0.05, 0.1) is 31.1 Å². The highest BCUT2D eigenvalue weighted by Crippen LogP contribution is 2.40. The van der Waals surface area contributed by atoms with E-state index in [1.807, 2.05) is 12.1 Å². The second-order valence-electron chi connectivity index (χ2n) is 8.95. The van der Waals surface area contributed by atoms with Crippen LogP contribution in [0.5, 0.6) is 17.2 Å². The van der Waals surface area contributed by atoms with E-state index in [2.05, 4.69) is 4.98 Å². The lowest BCUT2D eigenvalue weighted by Crippen LogP contribution is -2.52. The van der Waals surface area contributed by atoms with Crippen molar-refractivity contribution >= 4 is 32.6 Å². The molecule has 2 aliphatic heterocycles. The number of sulfonamides is 1. The predicted molar refractivity (Wildman–Crippen MR) is 130 cm³/mol. The van der Waals surface area contributed by atoms with E-state index in [0.29, 0.717) is 48.7 Å². The van der Waals surface area contributed by atoms with Crippen molar-refractivity contribution in [2.24, 2.45) is 5.14 Å². The highest BCUT2D eigenvalue weighted by atomic mass is 32.2. The number of rotatable bonds is 4. The molecule has 0 atom stereocenters. The number of hydrogen-bond donors (Lipinski definition) is 1. The maximum atomic E-state index is 13.4. The number of aromatic nitrogens is 1. The Morgan fingerprint density at radius 1 is 1.08 bits per heavy atom. The second kappa shape index (κ2) is 8.75. The van der Waals surface area contributed by atoms with Crippen molar-refractivity contribution < 1.29 is 32.2 Å². The first-order chi connectivity index (χ1) is 17.1. The number of ketones is 1. The minimum absolute atomic E-state index is 0.0926. The van der Waals surface area contributed by atoms with Crippen LogP contribution >= 0.6 is 0 Å². The van der Waals surface area contributed by atoms with Gasteiger partial charge in [0, 0.05) is 37.4 Å². The molecule has 3 heterocycles. The van der Waals surface area contributed by atoms with Gasteiger partial charge in [-0.1, -0.05) is 6.07 Å². The number of amides is 1. The minimum Gasteiger partial charge on any atom is -0.496 e. The third-order valence-corrected chi connectivity index (χ3v) is 7.69. The average Bonchev–Trinajstić information content (AvgIpc) is 2.87. The van der Waals surface area contributed by atoms with E-state index < -0.39 is 15.6 Å². The Hall–Kier alpha value is -3.70. The summed E-state index contributed by atoms with van der Waals surface area (Å²) in [5.74, 6) is 0.918. The summed E-state index contributed by atoms with van der Waals surface area (Å²) in [6, 6.07) is 11.1. The van der Waals surface area contributed by atoms with Crippen LogP contribution in [0.4, 0.5) is 0 Å². The van der Waals surface area contributed by atoms with E-state index in [4.69, 9.17) is 19.3 Å². The fourth-order valence-electron chi connectivity index (χ4n) is 4.84. The molecule has 0 bridgehead atoms. The van der Waals surface area contributed by atoms with Crippen LogP contribution in [0.1, 0.15) is 40.1 Å². The molecule has 3 aromatic rings. The number of likely N-dealkylation sites (tertiary alicyclic amines) is 1. The summed E-state index contributed by atoms with van der Waals surface area (Å²) < 4.78 is 40.4. The summed E-state index contributed by atoms with van der Waals surface area (Å²) in [7, 11) is -0.856. The third-order valence-electron chi connectivity index (χ3n) is 6.77. The fourth-order valence-corrected chi connectivity index (χ4v) is 5.38. The molecule has 0 saturated carbocycles. The number of primary sulfonamides is 1. The number of pyridine rings is 1. The number of nitrogens with zero attached hydrogens (tertiary/aromatic N) is 2. The molecule has 188 valence electrons. The van der Waals surface area contributed by atoms with Crippen molar-refractivity contribution in [2.45, 2.75) is 29.8 Å². The molecule has 2 N–H and O–H groups in total. The van der Waals surface area contributed by atoms with Gasteiger partial charge >= 0.3 is 0 Å². The topological polar surface area (TPSA) is 138 Å². The number of carbonyl (C=O) groups is 2. The molecule has 1 fully saturated rings. The first kappa shape index (κ1) is 24.0. The van der Waals surface area contributed by atoms with E-state index in [-0.39, 0.29) is 34.3 Å². The lowest BCUT2D eigenvalue weighted by molar-refractivity contribution is -0.00590. The molecule has 36 heavy (non-hydrogen) atoms. The number of piperidine rings is 1. The smallest absolute Gasteiger partial charge is 0.272 e. The molecule has 2 aliphatic rings. The number of carbonyl (C=O) groups excluding carboxylic acids is 2. The highest BCUT2D eigenvalue weighted by Gasteiger charge is 2.44. The molecule has 1 saturated heterocycles. The minimum atomic E-state index is -3.93. The van der Waals surface area contributed by atoms with Crippen LogP contribution < -0.4 is 19.3 Å². The van der Waals surface area contributed by atoms with Gasteiger partial charge in [0.25, 0.3) is 5.91 Å². The van der Waals surface area contributed by atoms with Gasteiger partial charge in [-0.05, 0) is 30.3 Å². The molecular formula is C25H25N3O7S. The first-order valence-corrected chi connectivity index (χ1v) is 12.9. The monoisotopic (exact) mass is 511 g/mol. The lowest BCUT2D eigenvalue weighted by Gasteiger charge is -2.43. The van der Waals surface area contributed by atoms with Gasteiger partial charge in [-0.15, -0.1) is 0 Å². The zero-order valence-electron chi connectivity index (χ0n) is 19.8. The molecule has 5 rings (SSSR count). The Labute approximate surface area is 208 Å². The van der Waals surface area contributed by atoms with Gasteiger partial charge in [0.2, 0.25) is 10.0 Å². The normalized spacial score (nSPS) is 17.0. The molecule has 10 nitrogen and oxygen atoms in total. The molecule has 0 unspecified atom stereocenters. The summed E-state index contributed by atoms with van der Waals surface area (Å²) in [6.07, 6.45) is 0.971. The quantitative estimate of drug-likeness (QED) is 0.564. The van der Waals surface area contributed by atoms with E-state index in [0.717, 1.165) is 5.39 Å². The van der Waals surface area contributed by atoms with Gasteiger partial charge in [0.1, 0.15) is 34.1 Å². The van der Waals surface area contributed by atoms with E-state index in [9.17, 15) is 18.0 Å². The third kappa shape index (κ3) is 4.14. The van der Waals surface area contributed by atoms with Gasteiger partial charge in [-0.3, -0.25) is 9.59 Å². The number of methoxy groups -OCH3 is 2. The number of nitrogens with two attached hydrogens (primary N) is 1. The standard InChI is InChI=1S/C25H25N3O7S/c1-33-21-5-3-4-16-22(34-2)13-18(27-23(16)21)24(30)28-10-8-25(9-11-28)14-19(29)17-12-15(36(26,31)32)6-7-20(17)35-25/h3-7,12-13H,8-11,14H2,1-2H3,(H2,26,31,32). The summed E-state index contributed by atoms with van der Waals surface area (Å²) >= 11 is 0. The first-order valence-electron chi connectivity index (χ1n) is 11.3. The number of fused-ring (bicyclic) bond motifs is 2. The number of hydrogen-bond acceptors (Lipinski definition) is 8. The van der Waals surface area contributed by atoms with Crippen LogP contribution in [-0.2, 0) is 10.0 Å². The largest absolute Gasteiger partial charge is 0.496 e. The Balaban J connectivity index is 1.37. The molecule has 1 aromatic heterocycles. The van der Waals surface area contributed by atoms with Gasteiger partial charge in [-0.2, -0.15) is 0 Å². The van der Waals surface area contributed by atoms with E-state index in [1.165, 1.54) is 25.3 Å². The number of benzene rings is 2. The molecule has 0 radical (unpaired) electrons. The Bertz CT molecular complexity index is 1500. The van der Waals surface area contributed by atoms with Gasteiger partial charge in [-0.25, -0.2) is 18.5 Å².